The predicted octanol–water partition coefficient (Wildman–Crippen LogP) is 19.2. The van der Waals surface area contributed by atoms with E-state index in [1.165, 1.54) is 44.5 Å². The van der Waals surface area contributed by atoms with Gasteiger partial charge >= 0.3 is 0 Å². The van der Waals surface area contributed by atoms with Crippen LogP contribution < -0.4 is 15.0 Å². The number of nitrogens with one attached hydrogen (secondary N) is 1. The van der Waals surface area contributed by atoms with Crippen molar-refractivity contribution in [2.45, 2.75) is 123 Å². The van der Waals surface area contributed by atoms with Gasteiger partial charge in [-0.25, -0.2) is 11.5 Å². The van der Waals surface area contributed by atoms with Crippen molar-refractivity contribution in [3.63, 3.8) is 0 Å². The third kappa shape index (κ3) is 10.8. The summed E-state index contributed by atoms with van der Waals surface area (Å²) in [5, 5.41) is 6.35. The first-order chi connectivity index (χ1) is 37.0. The fourth-order valence-corrected chi connectivity index (χ4v) is 11.1. The number of ether oxygens (including phenoxy) is 1. The van der Waals surface area contributed by atoms with Crippen molar-refractivity contribution in [3.8, 4) is 28.4 Å². The molecular weight excluding hydrogens is 1140 g/mol. The summed E-state index contributed by atoms with van der Waals surface area (Å²) in [4.78, 5) is 7.25. The fraction of sp³-hybridized carbons (Fsp3) is 0.260. The van der Waals surface area contributed by atoms with E-state index in [9.17, 15) is 0 Å². The molecule has 0 aliphatic carbocycles. The zero-order valence-electron chi connectivity index (χ0n) is 48.1. The van der Waals surface area contributed by atoms with Gasteiger partial charge in [-0.2, -0.15) is 6.07 Å². The van der Waals surface area contributed by atoms with Crippen LogP contribution in [-0.2, 0) is 48.1 Å². The van der Waals surface area contributed by atoms with Gasteiger partial charge in [0.25, 0.3) is 0 Å². The quantitative estimate of drug-likeness (QED) is 0.131. The summed E-state index contributed by atoms with van der Waals surface area (Å²) in [6.07, 6.45) is 1.91. The molecule has 0 bridgehead atoms. The van der Waals surface area contributed by atoms with Crippen LogP contribution in [0.4, 0.5) is 17.1 Å². The van der Waals surface area contributed by atoms with Gasteiger partial charge in [0.15, 0.2) is 0 Å². The van der Waals surface area contributed by atoms with Crippen LogP contribution in [0.25, 0.3) is 38.8 Å². The van der Waals surface area contributed by atoms with Crippen molar-refractivity contribution in [2.24, 2.45) is 0 Å². The molecule has 0 saturated heterocycles. The van der Waals surface area contributed by atoms with E-state index >= 15 is 0 Å². The van der Waals surface area contributed by atoms with Gasteiger partial charge in [-0.15, -0.1) is 47.0 Å². The summed E-state index contributed by atoms with van der Waals surface area (Å²) < 4.78 is 9.24. The van der Waals surface area contributed by atoms with Crippen molar-refractivity contribution in [3.05, 3.63) is 251 Å². The molecule has 5 nitrogen and oxygen atoms in total. The van der Waals surface area contributed by atoms with Gasteiger partial charge in [-0.3, -0.25) is 0 Å². The SMILES string of the molecule is CC(C)(C)c1ccc(-c2cc(Oc3[c-]c4c(cc3)c3ccccc3n4-c3cc(C(C)(C)C)ccn3)[c-]c(N3[CH-]C(Nc4cc(C(C)(C)c5ccccc5)cc(C(C)(C)c5ccccc5)c4)c4cc(C(C)(C)C)ccc43)c2)cc1.[Pt]. The third-order valence-corrected chi connectivity index (χ3v) is 16.3. The van der Waals surface area contributed by atoms with Crippen molar-refractivity contribution >= 4 is 38.9 Å². The standard InChI is InChI=1S/C73H73N4O.Pt/c1-69(2,3)50-30-28-48(29-31-50)49-38-58(45-60(39-49)78-59-33-34-62-61-26-20-21-27-66(61)77(67(62)46-59)68-44-54(36-37-74-68)71(7,8)9)76-47-64(63-43-53(70(4,5)6)32-35-65(63)76)75-57-41-55(72(10,11)51-22-16-14-17-23-51)40-56(42-57)73(12,13)52-24-18-15-19-25-52;/h14-44,47,64,75H,1-13H3;/q-3;. The number of aromatic nitrogens is 2. The maximum absolute atomic E-state index is 7.03. The van der Waals surface area contributed by atoms with Gasteiger partial charge in [-0.1, -0.05) is 223 Å². The molecule has 8 aromatic carbocycles. The summed E-state index contributed by atoms with van der Waals surface area (Å²) in [6, 6.07) is 73.6. The van der Waals surface area contributed by atoms with E-state index in [0.29, 0.717) is 11.5 Å². The summed E-state index contributed by atoms with van der Waals surface area (Å²) in [6.45, 7) is 32.1. The molecule has 79 heavy (non-hydrogen) atoms. The Morgan fingerprint density at radius 3 is 1.68 bits per heavy atom. The number of pyridine rings is 1. The molecule has 11 rings (SSSR count). The Balaban J connectivity index is 0.00000704. The Kier molecular flexibility index (Phi) is 14.5. The second-order valence-corrected chi connectivity index (χ2v) is 25.6. The van der Waals surface area contributed by atoms with Crippen LogP contribution in [-0.4, -0.2) is 9.55 Å². The molecule has 1 atom stereocenters. The number of anilines is 3. The molecule has 0 spiro atoms. The first-order valence-corrected chi connectivity index (χ1v) is 27.6. The number of benzene rings is 8. The molecule has 1 aliphatic heterocycles. The maximum Gasteiger partial charge on any atom is 0.135 e. The number of para-hydroxylation sites is 1. The van der Waals surface area contributed by atoms with E-state index in [1.807, 2.05) is 12.3 Å². The molecule has 0 saturated carbocycles. The number of hydrogen-bond donors (Lipinski definition) is 1. The second-order valence-electron chi connectivity index (χ2n) is 25.6. The fourth-order valence-electron chi connectivity index (χ4n) is 11.1. The Labute approximate surface area is 484 Å². The first kappa shape index (κ1) is 55.1. The van der Waals surface area contributed by atoms with Crippen LogP contribution >= 0.6 is 0 Å². The van der Waals surface area contributed by atoms with Crippen molar-refractivity contribution in [1.29, 1.82) is 0 Å². The molecule has 0 radical (unpaired) electrons. The van der Waals surface area contributed by atoms with Gasteiger partial charge in [-0.05, 0) is 108 Å². The van der Waals surface area contributed by atoms with Gasteiger partial charge in [0.05, 0.1) is 0 Å². The smallest absolute Gasteiger partial charge is 0.135 e. The Hall–Kier alpha value is -7.20. The van der Waals surface area contributed by atoms with Crippen LogP contribution in [0.15, 0.2) is 188 Å². The Morgan fingerprint density at radius 2 is 1.06 bits per heavy atom. The van der Waals surface area contributed by atoms with E-state index in [4.69, 9.17) is 9.72 Å². The molecule has 0 fully saturated rings. The summed E-state index contributed by atoms with van der Waals surface area (Å²) in [7, 11) is 0. The summed E-state index contributed by atoms with van der Waals surface area (Å²) in [5.41, 5.74) is 16.5. The van der Waals surface area contributed by atoms with Gasteiger partial charge in [0, 0.05) is 66.5 Å². The van der Waals surface area contributed by atoms with E-state index < -0.39 is 0 Å². The van der Waals surface area contributed by atoms with Crippen LogP contribution in [0.1, 0.15) is 141 Å². The van der Waals surface area contributed by atoms with Gasteiger partial charge in [0.1, 0.15) is 5.82 Å². The zero-order chi connectivity index (χ0) is 54.9. The molecular formula is C73H73N4OPt-3. The van der Waals surface area contributed by atoms with Crippen LogP contribution in [0.2, 0.25) is 0 Å². The number of hydrogen-bond acceptors (Lipinski definition) is 4. The normalized spacial score (nSPS) is 14.1. The monoisotopic (exact) mass is 1220 g/mol. The maximum atomic E-state index is 7.03. The van der Waals surface area contributed by atoms with E-state index in [2.05, 4.69) is 299 Å². The molecule has 1 unspecified atom stereocenters. The third-order valence-electron chi connectivity index (χ3n) is 16.3. The Morgan fingerprint density at radius 1 is 0.481 bits per heavy atom. The molecule has 1 N–H and O–H groups in total. The summed E-state index contributed by atoms with van der Waals surface area (Å²) in [5.74, 6) is 2.03. The summed E-state index contributed by atoms with van der Waals surface area (Å²) >= 11 is 0. The largest absolute Gasteiger partial charge is 0.512 e. The van der Waals surface area contributed by atoms with Gasteiger partial charge in [0.2, 0.25) is 0 Å². The zero-order valence-corrected chi connectivity index (χ0v) is 50.4. The number of rotatable bonds is 11. The minimum absolute atomic E-state index is 0. The average Bonchev–Trinajstić information content (AvgIpc) is 4.20. The van der Waals surface area contributed by atoms with Crippen LogP contribution in [0.5, 0.6) is 11.5 Å². The molecule has 10 aromatic rings. The molecule has 2 aromatic heterocycles. The predicted molar refractivity (Wildman–Crippen MR) is 327 cm³/mol. The molecule has 0 amide bonds. The van der Waals surface area contributed by atoms with E-state index in [-0.39, 0.29) is 54.2 Å². The minimum atomic E-state index is -0.271. The second kappa shape index (κ2) is 20.8. The van der Waals surface area contributed by atoms with E-state index in [0.717, 1.165) is 55.8 Å². The molecule has 3 heterocycles. The van der Waals surface area contributed by atoms with Crippen LogP contribution in [0.3, 0.4) is 0 Å². The average molecular weight is 1220 g/mol. The number of nitrogens with zero attached hydrogens (tertiary/aromatic N) is 3. The molecule has 6 heteroatoms. The van der Waals surface area contributed by atoms with Crippen LogP contribution in [0, 0.1) is 18.7 Å². The van der Waals surface area contributed by atoms with Crippen molar-refractivity contribution < 1.29 is 25.8 Å². The number of fused-ring (bicyclic) bond motifs is 4. The first-order valence-electron chi connectivity index (χ1n) is 27.6. The Bertz CT molecular complexity index is 3760. The van der Waals surface area contributed by atoms with Crippen molar-refractivity contribution in [2.75, 3.05) is 10.2 Å². The minimum Gasteiger partial charge on any atom is -0.512 e. The molecule has 1 aliphatic rings. The molecule has 404 valence electrons. The van der Waals surface area contributed by atoms with Crippen molar-refractivity contribution in [1.82, 2.24) is 9.55 Å². The van der Waals surface area contributed by atoms with Gasteiger partial charge < -0.3 is 19.5 Å². The van der Waals surface area contributed by atoms with E-state index in [1.54, 1.807) is 0 Å². The topological polar surface area (TPSA) is 42.3 Å².